The fourth-order valence-corrected chi connectivity index (χ4v) is 5.09. The number of piperidine rings is 1. The van der Waals surface area contributed by atoms with Gasteiger partial charge in [0.2, 0.25) is 0 Å². The van der Waals surface area contributed by atoms with E-state index in [0.717, 1.165) is 50.2 Å². The normalized spacial score (nSPS) is 19.4. The average Bonchev–Trinajstić information content (AvgIpc) is 3.45. The van der Waals surface area contributed by atoms with Crippen molar-refractivity contribution >= 4 is 17.2 Å². The molecule has 3 aromatic rings. The van der Waals surface area contributed by atoms with Crippen LogP contribution in [-0.2, 0) is 12.0 Å². The lowest BCUT2D eigenvalue weighted by Crippen LogP contribution is -2.55. The first-order valence-electron chi connectivity index (χ1n) is 9.29. The number of fused-ring (bicyclic) bond motifs is 2. The number of rotatable bonds is 2. The third kappa shape index (κ3) is 2.62. The lowest BCUT2D eigenvalue weighted by molar-refractivity contribution is 0.0223. The number of likely N-dealkylation sites (tertiary alicyclic amines) is 1. The molecule has 2 aliphatic heterocycles. The number of nitrogens with one attached hydrogen (secondary N) is 2. The number of likely N-dealkylation sites (N-methyl/N-ethyl adjacent to an activating group) is 1. The topological polar surface area (TPSA) is 80.9 Å². The van der Waals surface area contributed by atoms with Crippen LogP contribution in [0.1, 0.15) is 34.7 Å². The SMILES string of the molecule is CN1CCc2[nH]cnc2C12CCN(C(=O)c1cc(-c3ccsc3)n[nH]1)CC2. The zero-order chi connectivity index (χ0) is 18.4. The number of nitrogens with zero attached hydrogens (tertiary/aromatic N) is 4. The summed E-state index contributed by atoms with van der Waals surface area (Å²) in [6.07, 6.45) is 4.62. The Morgan fingerprint density at radius 3 is 2.93 bits per heavy atom. The molecule has 1 fully saturated rings. The van der Waals surface area contributed by atoms with E-state index in [1.807, 2.05) is 27.8 Å². The summed E-state index contributed by atoms with van der Waals surface area (Å²) in [7, 11) is 2.18. The molecular formula is C19H22N6OS. The van der Waals surface area contributed by atoms with Crippen LogP contribution in [0, 0.1) is 0 Å². The number of amides is 1. The molecular weight excluding hydrogens is 360 g/mol. The van der Waals surface area contributed by atoms with Crippen LogP contribution in [0.4, 0.5) is 0 Å². The second kappa shape index (κ2) is 6.31. The van der Waals surface area contributed by atoms with Crippen LogP contribution in [-0.4, -0.2) is 62.6 Å². The van der Waals surface area contributed by atoms with Crippen molar-refractivity contribution < 1.29 is 4.79 Å². The minimum absolute atomic E-state index is 0.0274. The van der Waals surface area contributed by atoms with Crippen molar-refractivity contribution in [1.82, 2.24) is 30.0 Å². The highest BCUT2D eigenvalue weighted by Gasteiger charge is 2.45. The van der Waals surface area contributed by atoms with E-state index in [2.05, 4.69) is 32.1 Å². The summed E-state index contributed by atoms with van der Waals surface area (Å²) in [5.41, 5.74) is 4.79. The summed E-state index contributed by atoms with van der Waals surface area (Å²) in [6, 6.07) is 3.87. The summed E-state index contributed by atoms with van der Waals surface area (Å²) in [6.45, 7) is 2.47. The standard InChI is InChI=1S/C19H22N6OS/c1-24-6-2-14-17(21-12-20-14)19(24)4-7-25(8-5-19)18(26)16-10-15(22-23-16)13-3-9-27-11-13/h3,9-12H,2,4-8H2,1H3,(H,20,21)(H,22,23). The first kappa shape index (κ1) is 16.7. The van der Waals surface area contributed by atoms with Gasteiger partial charge in [0.25, 0.3) is 5.91 Å². The molecule has 0 saturated carbocycles. The number of H-pyrrole nitrogens is 2. The number of aromatic nitrogens is 4. The summed E-state index contributed by atoms with van der Waals surface area (Å²) in [4.78, 5) is 25.2. The summed E-state index contributed by atoms with van der Waals surface area (Å²) < 4.78 is 0. The summed E-state index contributed by atoms with van der Waals surface area (Å²) in [5, 5.41) is 11.3. The van der Waals surface area contributed by atoms with Gasteiger partial charge in [0.15, 0.2) is 0 Å². The van der Waals surface area contributed by atoms with Crippen molar-refractivity contribution in [2.24, 2.45) is 0 Å². The summed E-state index contributed by atoms with van der Waals surface area (Å²) in [5.74, 6) is 0.0274. The number of thiophene rings is 1. The number of aromatic amines is 2. The molecule has 1 spiro atoms. The third-order valence-corrected chi connectivity index (χ3v) is 6.77. The Labute approximate surface area is 161 Å². The Morgan fingerprint density at radius 2 is 2.15 bits per heavy atom. The number of carbonyl (C=O) groups is 1. The van der Waals surface area contributed by atoms with Crippen molar-refractivity contribution in [2.45, 2.75) is 24.8 Å². The Bertz CT molecular complexity index is 951. The van der Waals surface area contributed by atoms with E-state index in [1.54, 1.807) is 17.7 Å². The Hall–Kier alpha value is -2.45. The highest BCUT2D eigenvalue weighted by atomic mass is 32.1. The van der Waals surface area contributed by atoms with Crippen molar-refractivity contribution in [3.05, 3.63) is 46.3 Å². The molecule has 140 valence electrons. The van der Waals surface area contributed by atoms with Crippen LogP contribution in [0.5, 0.6) is 0 Å². The lowest BCUT2D eigenvalue weighted by Gasteiger charge is -2.49. The Balaban J connectivity index is 1.33. The molecule has 1 amide bonds. The fraction of sp³-hybridized carbons (Fsp3) is 0.421. The Kier molecular flexibility index (Phi) is 3.91. The van der Waals surface area contributed by atoms with Gasteiger partial charge >= 0.3 is 0 Å². The number of hydrogen-bond acceptors (Lipinski definition) is 5. The predicted molar refractivity (Wildman–Crippen MR) is 104 cm³/mol. The molecule has 5 rings (SSSR count). The first-order chi connectivity index (χ1) is 13.2. The van der Waals surface area contributed by atoms with Crippen molar-refractivity contribution in [2.75, 3.05) is 26.7 Å². The van der Waals surface area contributed by atoms with Crippen molar-refractivity contribution in [3.8, 4) is 11.3 Å². The van der Waals surface area contributed by atoms with Crippen LogP contribution in [0.3, 0.4) is 0 Å². The zero-order valence-corrected chi connectivity index (χ0v) is 16.1. The zero-order valence-electron chi connectivity index (χ0n) is 15.2. The van der Waals surface area contributed by atoms with Crippen LogP contribution in [0.25, 0.3) is 11.3 Å². The highest BCUT2D eigenvalue weighted by Crippen LogP contribution is 2.41. The molecule has 5 heterocycles. The van der Waals surface area contributed by atoms with Gasteiger partial charge in [-0.25, -0.2) is 4.98 Å². The number of carbonyl (C=O) groups excluding carboxylic acids is 1. The third-order valence-electron chi connectivity index (χ3n) is 6.09. The van der Waals surface area contributed by atoms with Gasteiger partial charge in [0.05, 0.1) is 23.3 Å². The molecule has 7 nitrogen and oxygen atoms in total. The maximum atomic E-state index is 13.0. The lowest BCUT2D eigenvalue weighted by atomic mass is 9.79. The molecule has 2 aliphatic rings. The molecule has 2 N–H and O–H groups in total. The van der Waals surface area contributed by atoms with Crippen LogP contribution in [0.15, 0.2) is 29.2 Å². The molecule has 0 aromatic carbocycles. The van der Waals surface area contributed by atoms with Gasteiger partial charge in [-0.2, -0.15) is 16.4 Å². The molecule has 0 aliphatic carbocycles. The smallest absolute Gasteiger partial charge is 0.271 e. The van der Waals surface area contributed by atoms with Crippen molar-refractivity contribution in [3.63, 3.8) is 0 Å². The van der Waals surface area contributed by atoms with Crippen LogP contribution in [0.2, 0.25) is 0 Å². The van der Waals surface area contributed by atoms with Gasteiger partial charge in [-0.05, 0) is 37.4 Å². The maximum Gasteiger partial charge on any atom is 0.271 e. The van der Waals surface area contributed by atoms with Crippen LogP contribution < -0.4 is 0 Å². The molecule has 3 aromatic heterocycles. The monoisotopic (exact) mass is 382 g/mol. The predicted octanol–water partition coefficient (Wildman–Crippen LogP) is 2.48. The van der Waals surface area contributed by atoms with E-state index >= 15 is 0 Å². The van der Waals surface area contributed by atoms with Crippen LogP contribution >= 0.6 is 11.3 Å². The second-order valence-electron chi connectivity index (χ2n) is 7.40. The summed E-state index contributed by atoms with van der Waals surface area (Å²) >= 11 is 1.63. The van der Waals surface area contributed by atoms with E-state index in [4.69, 9.17) is 0 Å². The molecule has 27 heavy (non-hydrogen) atoms. The first-order valence-corrected chi connectivity index (χ1v) is 10.2. The van der Waals surface area contributed by atoms with E-state index < -0.39 is 0 Å². The minimum atomic E-state index is -0.0554. The van der Waals surface area contributed by atoms with Gasteiger partial charge in [-0.1, -0.05) is 0 Å². The molecule has 0 bridgehead atoms. The van der Waals surface area contributed by atoms with Gasteiger partial charge < -0.3 is 9.88 Å². The average molecular weight is 382 g/mol. The quantitative estimate of drug-likeness (QED) is 0.714. The van der Waals surface area contributed by atoms with Gasteiger partial charge in [0.1, 0.15) is 5.69 Å². The van der Waals surface area contributed by atoms with Gasteiger partial charge in [0, 0.05) is 42.7 Å². The maximum absolute atomic E-state index is 13.0. The molecule has 0 radical (unpaired) electrons. The van der Waals surface area contributed by atoms with Crippen molar-refractivity contribution in [1.29, 1.82) is 0 Å². The Morgan fingerprint density at radius 1 is 1.30 bits per heavy atom. The second-order valence-corrected chi connectivity index (χ2v) is 8.18. The fourth-order valence-electron chi connectivity index (χ4n) is 4.44. The van der Waals surface area contributed by atoms with Gasteiger partial charge in [-0.3, -0.25) is 14.8 Å². The molecule has 8 heteroatoms. The molecule has 0 unspecified atom stereocenters. The number of hydrogen-bond donors (Lipinski definition) is 2. The highest BCUT2D eigenvalue weighted by molar-refractivity contribution is 7.08. The largest absolute Gasteiger partial charge is 0.348 e. The van der Waals surface area contributed by atoms with E-state index in [0.29, 0.717) is 5.69 Å². The van der Waals surface area contributed by atoms with E-state index in [-0.39, 0.29) is 11.4 Å². The molecule has 0 atom stereocenters. The van der Waals surface area contributed by atoms with E-state index in [9.17, 15) is 4.79 Å². The van der Waals surface area contributed by atoms with E-state index in [1.165, 1.54) is 11.4 Å². The minimum Gasteiger partial charge on any atom is -0.348 e. The number of imidazole rings is 1. The molecule has 1 saturated heterocycles. The van der Waals surface area contributed by atoms with Gasteiger partial charge in [-0.15, -0.1) is 0 Å².